The van der Waals surface area contributed by atoms with Crippen LogP contribution in [0.2, 0.25) is 5.02 Å². The summed E-state index contributed by atoms with van der Waals surface area (Å²) < 4.78 is 45.2. The van der Waals surface area contributed by atoms with Gasteiger partial charge in [-0.05, 0) is 36.1 Å². The predicted molar refractivity (Wildman–Crippen MR) is 125 cm³/mol. The van der Waals surface area contributed by atoms with Gasteiger partial charge in [0.2, 0.25) is 15.9 Å². The maximum absolute atomic E-state index is 13.6. The Balaban J connectivity index is 1.69. The number of hydrogen-bond acceptors (Lipinski definition) is 4. The molecule has 3 aromatic rings. The quantitative estimate of drug-likeness (QED) is 0.463. The van der Waals surface area contributed by atoms with E-state index in [-0.39, 0.29) is 30.3 Å². The van der Waals surface area contributed by atoms with Crippen LogP contribution in [0.1, 0.15) is 13.3 Å². The number of carbonyl (C=O) groups is 1. The van der Waals surface area contributed by atoms with Crippen LogP contribution in [0.5, 0.6) is 5.75 Å². The number of fused-ring (bicyclic) bond motifs is 1. The van der Waals surface area contributed by atoms with Crippen molar-refractivity contribution >= 4 is 44.0 Å². The van der Waals surface area contributed by atoms with E-state index in [4.69, 9.17) is 16.3 Å². The van der Waals surface area contributed by atoms with E-state index in [9.17, 15) is 17.6 Å². The molecule has 0 aromatic heterocycles. The smallest absolute Gasteiger partial charge is 0.244 e. The summed E-state index contributed by atoms with van der Waals surface area (Å²) in [6.45, 7) is 2.08. The molecule has 0 aliphatic carbocycles. The summed E-state index contributed by atoms with van der Waals surface area (Å²) in [7, 11) is -3.84. The van der Waals surface area contributed by atoms with Crippen LogP contribution < -0.4 is 14.4 Å². The molecule has 1 amide bonds. The van der Waals surface area contributed by atoms with Gasteiger partial charge in [-0.1, -0.05) is 54.9 Å². The van der Waals surface area contributed by atoms with Gasteiger partial charge in [-0.15, -0.1) is 0 Å². The number of benzene rings is 3. The topological polar surface area (TPSA) is 75.7 Å². The first-order chi connectivity index (χ1) is 15.2. The number of sulfonamides is 1. The highest BCUT2D eigenvalue weighted by atomic mass is 35.5. The van der Waals surface area contributed by atoms with Gasteiger partial charge in [0.25, 0.3) is 0 Å². The van der Waals surface area contributed by atoms with Crippen molar-refractivity contribution in [1.82, 2.24) is 5.32 Å². The molecule has 0 bridgehead atoms. The van der Waals surface area contributed by atoms with Crippen LogP contribution in [0.3, 0.4) is 0 Å². The Labute approximate surface area is 192 Å². The van der Waals surface area contributed by atoms with Crippen LogP contribution in [-0.4, -0.2) is 39.8 Å². The summed E-state index contributed by atoms with van der Waals surface area (Å²) in [5.74, 6) is -0.463. The fourth-order valence-electron chi connectivity index (χ4n) is 3.46. The Bertz CT molecular complexity index is 1210. The van der Waals surface area contributed by atoms with E-state index in [1.807, 2.05) is 42.5 Å². The molecule has 3 aromatic carbocycles. The maximum Gasteiger partial charge on any atom is 0.244 e. The summed E-state index contributed by atoms with van der Waals surface area (Å²) in [5.41, 5.74) is 0.118. The summed E-state index contributed by atoms with van der Waals surface area (Å²) in [5, 5.41) is 4.50. The third-order valence-corrected chi connectivity index (χ3v) is 6.37. The van der Waals surface area contributed by atoms with E-state index in [1.54, 1.807) is 6.92 Å². The highest BCUT2D eigenvalue weighted by molar-refractivity contribution is 7.92. The van der Waals surface area contributed by atoms with Crippen LogP contribution in [0.4, 0.5) is 10.1 Å². The van der Waals surface area contributed by atoms with Gasteiger partial charge in [0.1, 0.15) is 24.2 Å². The second-order valence-corrected chi connectivity index (χ2v) is 9.46. The number of ether oxygens (including phenoxy) is 1. The summed E-state index contributed by atoms with van der Waals surface area (Å²) in [4.78, 5) is 12.8. The van der Waals surface area contributed by atoms with Gasteiger partial charge in [0, 0.05) is 5.39 Å². The first kappa shape index (κ1) is 23.8. The molecule has 0 unspecified atom stereocenters. The van der Waals surface area contributed by atoms with Gasteiger partial charge in [0.15, 0.2) is 0 Å². The second-order valence-electron chi connectivity index (χ2n) is 7.20. The molecule has 170 valence electrons. The molecule has 1 atom stereocenters. The third-order valence-electron chi connectivity index (χ3n) is 4.90. The molecular weight excluding hydrogens is 455 g/mol. The van der Waals surface area contributed by atoms with E-state index in [0.29, 0.717) is 5.75 Å². The summed E-state index contributed by atoms with van der Waals surface area (Å²) in [6, 6.07) is 16.0. The molecule has 0 radical (unpaired) electrons. The Hall–Kier alpha value is -2.84. The number of halogens is 2. The van der Waals surface area contributed by atoms with Gasteiger partial charge >= 0.3 is 0 Å². The van der Waals surface area contributed by atoms with Gasteiger partial charge in [0.05, 0.1) is 23.5 Å². The standard InChI is InChI=1S/C23H24ClFN2O4S/c1-3-21(27(32(2,29)30)17-11-12-20(25)19(24)15-17)23(28)26-13-14-31-22-10-6-8-16-7-4-5-9-18(16)22/h4-12,15,21H,3,13-14H2,1-2H3,(H,26,28)/t21-/m1/s1. The van der Waals surface area contributed by atoms with E-state index in [2.05, 4.69) is 5.32 Å². The number of hydrogen-bond donors (Lipinski definition) is 1. The Morgan fingerprint density at radius 3 is 2.56 bits per heavy atom. The zero-order valence-corrected chi connectivity index (χ0v) is 19.3. The average molecular weight is 479 g/mol. The minimum Gasteiger partial charge on any atom is -0.491 e. The molecule has 0 spiro atoms. The fourth-order valence-corrected chi connectivity index (χ4v) is 4.84. The molecule has 0 heterocycles. The molecule has 3 rings (SSSR count). The van der Waals surface area contributed by atoms with Crippen LogP contribution in [0.25, 0.3) is 10.8 Å². The van der Waals surface area contributed by atoms with Crippen LogP contribution >= 0.6 is 11.6 Å². The van der Waals surface area contributed by atoms with Gasteiger partial charge < -0.3 is 10.1 Å². The monoisotopic (exact) mass is 478 g/mol. The zero-order chi connectivity index (χ0) is 23.3. The van der Waals surface area contributed by atoms with Crippen molar-refractivity contribution in [3.05, 3.63) is 71.5 Å². The lowest BCUT2D eigenvalue weighted by Gasteiger charge is -2.30. The zero-order valence-electron chi connectivity index (χ0n) is 17.7. The molecule has 0 fully saturated rings. The van der Waals surface area contributed by atoms with Gasteiger partial charge in [-0.3, -0.25) is 9.10 Å². The fraction of sp³-hybridized carbons (Fsp3) is 0.261. The Morgan fingerprint density at radius 1 is 1.16 bits per heavy atom. The minimum absolute atomic E-state index is 0.118. The van der Waals surface area contributed by atoms with Gasteiger partial charge in [-0.2, -0.15) is 0 Å². The first-order valence-electron chi connectivity index (χ1n) is 10.0. The predicted octanol–water partition coefficient (Wildman–Crippen LogP) is 4.37. The summed E-state index contributed by atoms with van der Waals surface area (Å²) in [6.07, 6.45) is 1.20. The van der Waals surface area contributed by atoms with Crippen LogP contribution in [0, 0.1) is 5.82 Å². The Morgan fingerprint density at radius 2 is 1.88 bits per heavy atom. The average Bonchev–Trinajstić information content (AvgIpc) is 2.76. The normalized spacial score (nSPS) is 12.4. The maximum atomic E-state index is 13.6. The second kappa shape index (κ2) is 10.2. The number of rotatable bonds is 9. The molecule has 32 heavy (non-hydrogen) atoms. The number of nitrogens with zero attached hydrogens (tertiary/aromatic N) is 1. The van der Waals surface area contributed by atoms with Gasteiger partial charge in [-0.25, -0.2) is 12.8 Å². The van der Waals surface area contributed by atoms with E-state index in [0.717, 1.165) is 27.4 Å². The molecule has 0 saturated heterocycles. The van der Waals surface area contributed by atoms with Crippen molar-refractivity contribution in [3.63, 3.8) is 0 Å². The molecule has 6 nitrogen and oxygen atoms in total. The number of nitrogens with one attached hydrogen (secondary N) is 1. The van der Waals surface area contributed by atoms with E-state index >= 15 is 0 Å². The molecule has 0 saturated carbocycles. The van der Waals surface area contributed by atoms with Crippen molar-refractivity contribution in [2.45, 2.75) is 19.4 Å². The molecule has 0 aliphatic heterocycles. The van der Waals surface area contributed by atoms with Crippen molar-refractivity contribution < 1.29 is 22.3 Å². The third kappa shape index (κ3) is 5.49. The van der Waals surface area contributed by atoms with Crippen molar-refractivity contribution in [2.24, 2.45) is 0 Å². The molecule has 0 aliphatic rings. The van der Waals surface area contributed by atoms with Crippen molar-refractivity contribution in [2.75, 3.05) is 23.7 Å². The lowest BCUT2D eigenvalue weighted by atomic mass is 10.1. The number of anilines is 1. The molecule has 9 heteroatoms. The number of amides is 1. The van der Waals surface area contributed by atoms with Crippen LogP contribution in [-0.2, 0) is 14.8 Å². The molecule has 1 N–H and O–H groups in total. The van der Waals surface area contributed by atoms with Crippen molar-refractivity contribution in [1.29, 1.82) is 0 Å². The lowest BCUT2D eigenvalue weighted by Crippen LogP contribution is -2.50. The largest absolute Gasteiger partial charge is 0.491 e. The number of carbonyl (C=O) groups excluding carboxylic acids is 1. The molecular formula is C23H24ClFN2O4S. The summed E-state index contributed by atoms with van der Waals surface area (Å²) >= 11 is 5.82. The highest BCUT2D eigenvalue weighted by Crippen LogP contribution is 2.27. The Kier molecular flexibility index (Phi) is 7.58. The lowest BCUT2D eigenvalue weighted by molar-refractivity contribution is -0.122. The SMILES string of the molecule is CC[C@H](C(=O)NCCOc1cccc2ccccc12)N(c1ccc(F)c(Cl)c1)S(C)(=O)=O. The highest BCUT2D eigenvalue weighted by Gasteiger charge is 2.31. The van der Waals surface area contributed by atoms with Crippen molar-refractivity contribution in [3.8, 4) is 5.75 Å². The van der Waals surface area contributed by atoms with E-state index in [1.165, 1.54) is 12.1 Å². The van der Waals surface area contributed by atoms with Crippen LogP contribution in [0.15, 0.2) is 60.7 Å². The first-order valence-corrected chi connectivity index (χ1v) is 12.3. The minimum atomic E-state index is -3.84. The van der Waals surface area contributed by atoms with E-state index < -0.39 is 27.8 Å².